The van der Waals surface area contributed by atoms with Crippen LogP contribution in [0.15, 0.2) is 82.6 Å². The molecule has 0 radical (unpaired) electrons. The van der Waals surface area contributed by atoms with Crippen LogP contribution < -0.4 is 40.2 Å². The highest BCUT2D eigenvalue weighted by molar-refractivity contribution is 7.90. The molecule has 4 amide bonds. The normalized spacial score (nSPS) is 20.0. The molecule has 0 spiro atoms. The first-order valence-electron chi connectivity index (χ1n) is 23.6. The maximum absolute atomic E-state index is 13.1. The topological polar surface area (TPSA) is 264 Å². The summed E-state index contributed by atoms with van der Waals surface area (Å²) >= 11 is 12.8. The van der Waals surface area contributed by atoms with Gasteiger partial charge >= 0.3 is 6.03 Å². The van der Waals surface area contributed by atoms with E-state index in [-0.39, 0.29) is 60.6 Å². The van der Waals surface area contributed by atoms with Gasteiger partial charge in [-0.2, -0.15) is 10.5 Å². The van der Waals surface area contributed by atoms with Gasteiger partial charge in [0.15, 0.2) is 0 Å². The van der Waals surface area contributed by atoms with Crippen molar-refractivity contribution in [1.82, 2.24) is 40.5 Å². The van der Waals surface area contributed by atoms with E-state index in [0.29, 0.717) is 45.5 Å². The molecule has 4 aromatic rings. The first-order chi connectivity index (χ1) is 34.6. The van der Waals surface area contributed by atoms with Gasteiger partial charge in [-0.05, 0) is 121 Å². The second kappa shape index (κ2) is 23.2. The Bertz CT molecular complexity index is 2780. The van der Waals surface area contributed by atoms with Crippen molar-refractivity contribution in [3.8, 4) is 23.6 Å². The summed E-state index contributed by atoms with van der Waals surface area (Å²) in [6.45, 7) is 6.53. The van der Waals surface area contributed by atoms with Crippen molar-refractivity contribution in [3.05, 3.63) is 116 Å². The molecule has 8 rings (SSSR count). The van der Waals surface area contributed by atoms with Gasteiger partial charge in [-0.25, -0.2) is 31.1 Å². The molecule has 0 aromatic heterocycles. The van der Waals surface area contributed by atoms with E-state index in [4.69, 9.17) is 32.7 Å². The lowest BCUT2D eigenvalue weighted by atomic mass is 10.0. The van der Waals surface area contributed by atoms with Gasteiger partial charge in [-0.15, -0.1) is 0 Å². The molecule has 0 saturated carbocycles. The van der Waals surface area contributed by atoms with Crippen LogP contribution in [0.5, 0.6) is 11.5 Å². The van der Waals surface area contributed by atoms with Gasteiger partial charge in [0.1, 0.15) is 23.7 Å². The summed E-state index contributed by atoms with van der Waals surface area (Å²) in [7, 11) is -8.47. The van der Waals surface area contributed by atoms with Crippen LogP contribution in [-0.4, -0.2) is 122 Å². The summed E-state index contributed by atoms with van der Waals surface area (Å²) in [6, 6.07) is 22.1. The molecule has 23 heteroatoms. The zero-order chi connectivity index (χ0) is 51.0. The number of hydrogen-bond acceptors (Lipinski definition) is 15. The van der Waals surface area contributed by atoms with Crippen LogP contribution in [0.4, 0.5) is 4.79 Å². The van der Waals surface area contributed by atoms with Crippen molar-refractivity contribution in [3.63, 3.8) is 0 Å². The molecule has 2 heterocycles. The van der Waals surface area contributed by atoms with Crippen molar-refractivity contribution in [2.24, 2.45) is 0 Å². The van der Waals surface area contributed by atoms with Crippen LogP contribution in [0.2, 0.25) is 10.0 Å². The summed E-state index contributed by atoms with van der Waals surface area (Å²) in [6.07, 6.45) is 0.110. The fraction of sp³-hybridized carbons (Fsp3) is 0.408. The summed E-state index contributed by atoms with van der Waals surface area (Å²) in [5, 5.41) is 32.3. The minimum absolute atomic E-state index is 0.0371. The van der Waals surface area contributed by atoms with Gasteiger partial charge in [0.05, 0.1) is 45.1 Å². The van der Waals surface area contributed by atoms with Gasteiger partial charge < -0.3 is 30.7 Å². The van der Waals surface area contributed by atoms with E-state index in [1.54, 1.807) is 12.1 Å². The van der Waals surface area contributed by atoms with Crippen LogP contribution in [0.3, 0.4) is 0 Å². The summed E-state index contributed by atoms with van der Waals surface area (Å²) in [5.41, 5.74) is 4.39. The number of carbonyl (C=O) groups is 3. The first kappa shape index (κ1) is 52.3. The lowest BCUT2D eigenvalue weighted by molar-refractivity contribution is -0.120. The fourth-order valence-corrected chi connectivity index (χ4v) is 12.1. The Kier molecular flexibility index (Phi) is 16.9. The van der Waals surface area contributed by atoms with Crippen molar-refractivity contribution < 1.29 is 40.7 Å². The zero-order valence-corrected chi connectivity index (χ0v) is 42.2. The number of sulfonamides is 2. The molecular formula is C49H54Cl2N10O9S2. The third kappa shape index (κ3) is 12.6. The number of nitriles is 2. The lowest BCUT2D eigenvalue weighted by Gasteiger charge is -2.36. The number of nitrogens with one attached hydrogen (secondary N) is 6. The van der Waals surface area contributed by atoms with E-state index in [9.17, 15) is 41.7 Å². The SMILES string of the molecule is N#Cc1cc(Cl)cc2c1C[C@H](N1CCNCC1)[C@H]2Oc1ccc(S(=O)(=O)NC(=O)CCCNC(=O)NCCCC(=O)NS(=O)(=O)c2ccc(O[C@H]3c4cc(Cl)cc(C#N)c4C[C@@H]3N3CCNCC3)cc2)cc1. The summed E-state index contributed by atoms with van der Waals surface area (Å²) in [5.74, 6) is -0.743. The molecule has 4 aromatic carbocycles. The molecule has 4 atom stereocenters. The number of halogens is 2. The molecule has 0 unspecified atom stereocenters. The molecule has 19 nitrogen and oxygen atoms in total. The molecule has 4 aliphatic rings. The van der Waals surface area contributed by atoms with Crippen LogP contribution in [0, 0.1) is 22.7 Å². The highest BCUT2D eigenvalue weighted by Crippen LogP contribution is 2.43. The number of rotatable bonds is 18. The van der Waals surface area contributed by atoms with Crippen LogP contribution >= 0.6 is 23.2 Å². The van der Waals surface area contributed by atoms with Gasteiger partial charge in [0, 0.05) is 88.3 Å². The van der Waals surface area contributed by atoms with E-state index in [2.05, 4.69) is 52.6 Å². The quantitative estimate of drug-likeness (QED) is 0.0775. The minimum Gasteiger partial charge on any atom is -0.484 e. The highest BCUT2D eigenvalue weighted by Gasteiger charge is 2.42. The van der Waals surface area contributed by atoms with Crippen LogP contribution in [0.1, 0.15) is 71.3 Å². The standard InChI is InChI=1S/C49H54Cl2N10O9S2/c50-33-23-31(29-52)39-27-43(60-19-15-54-16-20-60)47(41(39)25-33)69-35-5-9-37(10-6-35)71(65,66)58-45(62)3-1-13-56-49(64)57-14-2-4-46(63)59-72(67,68)38-11-7-36(8-12-38)70-48-42-26-34(51)24-32(30-53)40(42)28-44(48)61-21-17-55-18-22-61/h5-12,23-26,43-44,47-48,54-55H,1-4,13-22,27-28H2,(H,58,62)(H,59,63)(H2,56,57,64)/t43-,44-,47-,48-/m0/s1. The average Bonchev–Trinajstić information content (AvgIpc) is 3.91. The van der Waals surface area contributed by atoms with Gasteiger partial charge in [-0.1, -0.05) is 23.2 Å². The summed E-state index contributed by atoms with van der Waals surface area (Å²) in [4.78, 5) is 42.0. The number of ether oxygens (including phenoxy) is 2. The number of benzene rings is 4. The summed E-state index contributed by atoms with van der Waals surface area (Å²) < 4.78 is 69.4. The molecule has 2 saturated heterocycles. The Morgan fingerprint density at radius 3 is 1.35 bits per heavy atom. The van der Waals surface area contributed by atoms with Crippen molar-refractivity contribution in [1.29, 1.82) is 10.5 Å². The van der Waals surface area contributed by atoms with Crippen molar-refractivity contribution in [2.75, 3.05) is 65.4 Å². The van der Waals surface area contributed by atoms with Crippen molar-refractivity contribution >= 4 is 61.1 Å². The third-order valence-corrected chi connectivity index (χ3v) is 16.4. The molecule has 72 heavy (non-hydrogen) atoms. The zero-order valence-electron chi connectivity index (χ0n) is 39.1. The van der Waals surface area contributed by atoms with E-state index in [1.165, 1.54) is 48.5 Å². The second-order valence-corrected chi connectivity index (χ2v) is 22.1. The maximum Gasteiger partial charge on any atom is 0.314 e. The van der Waals surface area contributed by atoms with Gasteiger partial charge in [-0.3, -0.25) is 19.4 Å². The maximum atomic E-state index is 13.1. The number of piperazine rings is 2. The number of nitrogens with zero attached hydrogens (tertiary/aromatic N) is 4. The number of hydrogen-bond donors (Lipinski definition) is 6. The average molecular weight is 1060 g/mol. The molecule has 2 aliphatic carbocycles. The monoisotopic (exact) mass is 1060 g/mol. The van der Waals surface area contributed by atoms with Crippen molar-refractivity contribution in [2.45, 2.75) is 72.6 Å². The molecule has 0 bridgehead atoms. The number of carbonyl (C=O) groups excluding carboxylic acids is 3. The Morgan fingerprint density at radius 1 is 0.611 bits per heavy atom. The van der Waals surface area contributed by atoms with E-state index in [0.717, 1.165) is 74.6 Å². The predicted octanol–water partition coefficient (Wildman–Crippen LogP) is 3.81. The smallest absolute Gasteiger partial charge is 0.314 e. The Balaban J connectivity index is 0.737. The molecule has 380 valence electrons. The number of fused-ring (bicyclic) bond motifs is 2. The van der Waals surface area contributed by atoms with Crippen LogP contribution in [0.25, 0.3) is 0 Å². The predicted molar refractivity (Wildman–Crippen MR) is 266 cm³/mol. The Morgan fingerprint density at radius 2 is 0.986 bits per heavy atom. The lowest BCUT2D eigenvalue weighted by Crippen LogP contribution is -2.50. The fourth-order valence-electron chi connectivity index (χ4n) is 9.65. The van der Waals surface area contributed by atoms with E-state index < -0.39 is 50.1 Å². The Hall–Kier alpha value is -6.01. The molecular weight excluding hydrogens is 1010 g/mol. The Labute approximate surface area is 428 Å². The van der Waals surface area contributed by atoms with E-state index >= 15 is 0 Å². The number of amides is 4. The van der Waals surface area contributed by atoms with Crippen LogP contribution in [-0.2, 0) is 42.5 Å². The van der Waals surface area contributed by atoms with Gasteiger partial charge in [0.25, 0.3) is 20.0 Å². The minimum atomic E-state index is -4.23. The molecule has 2 fully saturated rings. The largest absolute Gasteiger partial charge is 0.484 e. The molecule has 6 N–H and O–H groups in total. The number of urea groups is 1. The van der Waals surface area contributed by atoms with Gasteiger partial charge in [0.2, 0.25) is 11.8 Å². The molecule has 2 aliphatic heterocycles. The van der Waals surface area contributed by atoms with E-state index in [1.807, 2.05) is 12.1 Å². The second-order valence-electron chi connectivity index (χ2n) is 17.8. The first-order valence-corrected chi connectivity index (χ1v) is 27.4. The highest BCUT2D eigenvalue weighted by atomic mass is 35.5. The third-order valence-electron chi connectivity index (χ3n) is 13.1.